The van der Waals surface area contributed by atoms with Crippen LogP contribution in [0.15, 0.2) is 0 Å². The summed E-state index contributed by atoms with van der Waals surface area (Å²) in [5.74, 6) is -1.91. The van der Waals surface area contributed by atoms with Crippen molar-refractivity contribution in [3.05, 3.63) is 15.6 Å². The minimum atomic E-state index is -4.91. The van der Waals surface area contributed by atoms with E-state index in [0.29, 0.717) is 0 Å². The van der Waals surface area contributed by atoms with Gasteiger partial charge in [-0.05, 0) is 0 Å². The number of alkyl halides is 5. The summed E-state index contributed by atoms with van der Waals surface area (Å²) in [5.41, 5.74) is -1.25. The zero-order valence-corrected chi connectivity index (χ0v) is 7.49. The number of rotatable bonds is 2. The highest BCUT2D eigenvalue weighted by Gasteiger charge is 2.38. The predicted octanol–water partition coefficient (Wildman–Crippen LogP) is 2.80. The highest BCUT2D eigenvalue weighted by atomic mass is 32.1. The van der Waals surface area contributed by atoms with Crippen molar-refractivity contribution < 1.29 is 31.9 Å². The van der Waals surface area contributed by atoms with E-state index in [9.17, 15) is 26.7 Å². The third kappa shape index (κ3) is 2.41. The molecule has 1 heterocycles. The van der Waals surface area contributed by atoms with Gasteiger partial charge in [-0.25, -0.2) is 18.6 Å². The lowest BCUT2D eigenvalue weighted by Gasteiger charge is -1.98. The van der Waals surface area contributed by atoms with Crippen molar-refractivity contribution >= 4 is 17.3 Å². The lowest BCUT2D eigenvalue weighted by molar-refractivity contribution is -0.137. The number of hydrogen-bond donors (Lipinski definition) is 1. The molecule has 0 spiro atoms. The summed E-state index contributed by atoms with van der Waals surface area (Å²) >= 11 is -0.364. The summed E-state index contributed by atoms with van der Waals surface area (Å²) in [6, 6.07) is 0. The molecule has 1 rings (SSSR count). The van der Waals surface area contributed by atoms with Crippen LogP contribution in [0.25, 0.3) is 0 Å². The number of carboxylic acids is 1. The molecule has 0 radical (unpaired) electrons. The Hall–Kier alpha value is -1.25. The van der Waals surface area contributed by atoms with Crippen molar-refractivity contribution in [1.29, 1.82) is 0 Å². The highest BCUT2D eigenvalue weighted by Crippen LogP contribution is 2.37. The molecule has 1 aromatic heterocycles. The van der Waals surface area contributed by atoms with E-state index in [1.165, 1.54) is 0 Å². The van der Waals surface area contributed by atoms with Gasteiger partial charge in [0.05, 0.1) is 0 Å². The van der Waals surface area contributed by atoms with Gasteiger partial charge < -0.3 is 5.11 Å². The second-order valence-corrected chi connectivity index (χ2v) is 3.37. The molecule has 15 heavy (non-hydrogen) atoms. The fourth-order valence-electron chi connectivity index (χ4n) is 0.754. The number of halogens is 5. The monoisotopic (exact) mass is 247 g/mol. The number of hydrogen-bond acceptors (Lipinski definition) is 3. The lowest BCUT2D eigenvalue weighted by atomic mass is 10.4. The molecule has 0 atom stereocenters. The van der Waals surface area contributed by atoms with Crippen LogP contribution in [0, 0.1) is 0 Å². The average Bonchev–Trinajstić information content (AvgIpc) is 2.45. The molecule has 1 aromatic rings. The van der Waals surface area contributed by atoms with Crippen molar-refractivity contribution in [1.82, 2.24) is 4.98 Å². The smallest absolute Gasteiger partial charge is 0.443 e. The van der Waals surface area contributed by atoms with Crippen molar-refractivity contribution in [2.45, 2.75) is 12.6 Å². The van der Waals surface area contributed by atoms with Crippen LogP contribution in [-0.2, 0) is 6.18 Å². The van der Waals surface area contributed by atoms with E-state index >= 15 is 0 Å². The second kappa shape index (κ2) is 3.72. The molecular weight excluding hydrogens is 245 g/mol. The normalized spacial score (nSPS) is 12.1. The molecule has 0 bridgehead atoms. The predicted molar refractivity (Wildman–Crippen MR) is 39.0 cm³/mol. The van der Waals surface area contributed by atoms with Crippen LogP contribution in [0.3, 0.4) is 0 Å². The summed E-state index contributed by atoms with van der Waals surface area (Å²) in [5, 5.41) is 6.75. The van der Waals surface area contributed by atoms with Gasteiger partial charge in [-0.15, -0.1) is 11.3 Å². The molecule has 1 N–H and O–H groups in total. The maximum Gasteiger partial charge on any atom is 0.443 e. The Balaban J connectivity index is 3.28. The Morgan fingerprint density at radius 2 is 1.93 bits per heavy atom. The number of aromatic nitrogens is 1. The number of aromatic carboxylic acids is 1. The van der Waals surface area contributed by atoms with Gasteiger partial charge in [0.25, 0.3) is 6.43 Å². The van der Waals surface area contributed by atoms with Crippen LogP contribution >= 0.6 is 11.3 Å². The van der Waals surface area contributed by atoms with Crippen molar-refractivity contribution in [2.75, 3.05) is 0 Å². The standard InChI is InChI=1S/C6H2F5NO2S/c7-3(8)2-1(4(13)14)12-5(15-2)6(9,10)11/h3H,(H,13,14). The number of carboxylic acid groups (broad SMARTS) is 1. The molecule has 9 heteroatoms. The SMILES string of the molecule is O=C(O)c1nc(C(F)(F)F)sc1C(F)F. The van der Waals surface area contributed by atoms with Crippen LogP contribution in [0.2, 0.25) is 0 Å². The maximum absolute atomic E-state index is 12.1. The summed E-state index contributed by atoms with van der Waals surface area (Å²) in [4.78, 5) is 11.7. The van der Waals surface area contributed by atoms with E-state index in [0.717, 1.165) is 0 Å². The number of thiazole rings is 1. The summed E-state index contributed by atoms with van der Waals surface area (Å²) in [7, 11) is 0. The zero-order chi connectivity index (χ0) is 11.8. The fraction of sp³-hybridized carbons (Fsp3) is 0.333. The van der Waals surface area contributed by atoms with Crippen molar-refractivity contribution in [3.8, 4) is 0 Å². The third-order valence-corrected chi connectivity index (χ3v) is 2.40. The lowest BCUT2D eigenvalue weighted by Crippen LogP contribution is -2.06. The fourth-order valence-corrected chi connectivity index (χ4v) is 1.53. The van der Waals surface area contributed by atoms with E-state index in [4.69, 9.17) is 5.11 Å². The van der Waals surface area contributed by atoms with Gasteiger partial charge in [0.1, 0.15) is 4.88 Å². The topological polar surface area (TPSA) is 50.2 Å². The second-order valence-electron chi connectivity index (χ2n) is 2.34. The van der Waals surface area contributed by atoms with Gasteiger partial charge in [-0.3, -0.25) is 0 Å². The van der Waals surface area contributed by atoms with Gasteiger partial charge in [0, 0.05) is 0 Å². The maximum atomic E-state index is 12.1. The Kier molecular flexibility index (Phi) is 2.93. The van der Waals surface area contributed by atoms with Crippen LogP contribution in [0.1, 0.15) is 26.8 Å². The highest BCUT2D eigenvalue weighted by molar-refractivity contribution is 7.12. The minimum absolute atomic E-state index is 0.364. The first-order valence-electron chi connectivity index (χ1n) is 3.33. The molecular formula is C6H2F5NO2S. The van der Waals surface area contributed by atoms with Crippen molar-refractivity contribution in [2.24, 2.45) is 0 Å². The van der Waals surface area contributed by atoms with E-state index in [1.807, 2.05) is 0 Å². The van der Waals surface area contributed by atoms with Crippen LogP contribution < -0.4 is 0 Å². The molecule has 0 aromatic carbocycles. The van der Waals surface area contributed by atoms with E-state index in [2.05, 4.69) is 4.98 Å². The Morgan fingerprint density at radius 3 is 2.20 bits per heavy atom. The van der Waals surface area contributed by atoms with Crippen LogP contribution in [0.4, 0.5) is 22.0 Å². The Labute approximate surface area is 83.2 Å². The molecule has 0 saturated carbocycles. The average molecular weight is 247 g/mol. The first kappa shape index (κ1) is 11.8. The zero-order valence-electron chi connectivity index (χ0n) is 6.68. The molecule has 0 aliphatic rings. The minimum Gasteiger partial charge on any atom is -0.476 e. The Bertz CT molecular complexity index is 385. The molecule has 0 amide bonds. The van der Waals surface area contributed by atoms with Crippen molar-refractivity contribution in [3.63, 3.8) is 0 Å². The van der Waals surface area contributed by atoms with Crippen LogP contribution in [0.5, 0.6) is 0 Å². The van der Waals surface area contributed by atoms with E-state index < -0.39 is 34.1 Å². The van der Waals surface area contributed by atoms with Gasteiger partial charge in [-0.2, -0.15) is 13.2 Å². The van der Waals surface area contributed by atoms with Gasteiger partial charge >= 0.3 is 12.1 Å². The van der Waals surface area contributed by atoms with Gasteiger partial charge in [0.2, 0.25) is 0 Å². The van der Waals surface area contributed by atoms with Crippen LogP contribution in [-0.4, -0.2) is 16.1 Å². The largest absolute Gasteiger partial charge is 0.476 e. The first-order chi connectivity index (χ1) is 6.73. The molecule has 0 saturated heterocycles. The summed E-state index contributed by atoms with van der Waals surface area (Å²) in [6.45, 7) is 0. The van der Waals surface area contributed by atoms with Gasteiger partial charge in [-0.1, -0.05) is 0 Å². The molecule has 84 valence electrons. The molecule has 0 fully saturated rings. The summed E-state index contributed by atoms with van der Waals surface area (Å²) < 4.78 is 60.3. The quantitative estimate of drug-likeness (QED) is 0.817. The third-order valence-electron chi connectivity index (χ3n) is 1.30. The summed E-state index contributed by atoms with van der Waals surface area (Å²) in [6.07, 6.45) is -8.20. The molecule has 0 aliphatic carbocycles. The molecule has 0 aliphatic heterocycles. The van der Waals surface area contributed by atoms with E-state index in [-0.39, 0.29) is 11.3 Å². The molecule has 0 unspecified atom stereocenters. The Morgan fingerprint density at radius 1 is 1.40 bits per heavy atom. The first-order valence-corrected chi connectivity index (χ1v) is 4.14. The number of carbonyl (C=O) groups is 1. The number of nitrogens with zero attached hydrogens (tertiary/aromatic N) is 1. The van der Waals surface area contributed by atoms with Gasteiger partial charge in [0.15, 0.2) is 10.7 Å². The molecule has 3 nitrogen and oxygen atoms in total. The van der Waals surface area contributed by atoms with E-state index in [1.54, 1.807) is 0 Å².